The van der Waals surface area contributed by atoms with Crippen molar-refractivity contribution < 1.29 is 27.8 Å². The Hall–Kier alpha value is -2.09. The van der Waals surface area contributed by atoms with Gasteiger partial charge in [0.1, 0.15) is 5.75 Å². The van der Waals surface area contributed by atoms with Gasteiger partial charge < -0.3 is 9.84 Å². The number of hydrazone groups is 1. The van der Waals surface area contributed by atoms with E-state index in [-0.39, 0.29) is 22.6 Å². The van der Waals surface area contributed by atoms with Crippen molar-refractivity contribution in [1.29, 1.82) is 0 Å². The minimum atomic E-state index is -5.02. The van der Waals surface area contributed by atoms with Crippen molar-refractivity contribution in [2.45, 2.75) is 77.1 Å². The number of amides is 1. The first-order valence-corrected chi connectivity index (χ1v) is 10.5. The van der Waals surface area contributed by atoms with E-state index in [0.717, 1.165) is 43.2 Å². The van der Waals surface area contributed by atoms with Crippen LogP contribution in [0.15, 0.2) is 23.3 Å². The van der Waals surface area contributed by atoms with Gasteiger partial charge >= 0.3 is 6.18 Å². The average molecular weight is 426 g/mol. The quantitative estimate of drug-likeness (QED) is 0.727. The number of alkyl halides is 3. The number of ether oxygens (including phenoxy) is 1. The number of hydrogen-bond donors (Lipinski definition) is 1. The lowest BCUT2D eigenvalue weighted by molar-refractivity contribution is -0.302. The van der Waals surface area contributed by atoms with Gasteiger partial charge in [-0.2, -0.15) is 23.3 Å². The Morgan fingerprint density at radius 3 is 2.57 bits per heavy atom. The number of hydrogen-bond acceptors (Lipinski definition) is 4. The Labute approximate surface area is 174 Å². The second-order valence-electron chi connectivity index (χ2n) is 8.61. The topological polar surface area (TPSA) is 62.1 Å². The van der Waals surface area contributed by atoms with Gasteiger partial charge in [-0.15, -0.1) is 0 Å². The van der Waals surface area contributed by atoms with Crippen molar-refractivity contribution in [1.82, 2.24) is 5.01 Å². The van der Waals surface area contributed by atoms with Crippen LogP contribution in [0.2, 0.25) is 0 Å². The number of aliphatic hydroxyl groups is 1. The Balaban J connectivity index is 1.81. The molecule has 8 heteroatoms. The molecule has 1 atom stereocenters. The zero-order valence-electron chi connectivity index (χ0n) is 17.6. The fourth-order valence-corrected chi connectivity index (χ4v) is 4.16. The molecule has 1 aliphatic heterocycles. The van der Waals surface area contributed by atoms with E-state index in [9.17, 15) is 23.1 Å². The van der Waals surface area contributed by atoms with Crippen LogP contribution < -0.4 is 4.74 Å². The molecule has 1 heterocycles. The summed E-state index contributed by atoms with van der Waals surface area (Å²) in [5.74, 6) is -0.581. The molecule has 3 rings (SSSR count). The lowest BCUT2D eigenvalue weighted by atomic mass is 9.83. The highest BCUT2D eigenvalue weighted by molar-refractivity contribution is 5.92. The predicted molar refractivity (Wildman–Crippen MR) is 107 cm³/mol. The number of halogens is 3. The highest BCUT2D eigenvalue weighted by Crippen LogP contribution is 2.43. The van der Waals surface area contributed by atoms with Crippen molar-refractivity contribution in [3.05, 3.63) is 29.3 Å². The second-order valence-corrected chi connectivity index (χ2v) is 8.61. The zero-order chi connectivity index (χ0) is 22.1. The molecule has 5 nitrogen and oxygen atoms in total. The van der Waals surface area contributed by atoms with Crippen LogP contribution in [0, 0.1) is 12.8 Å². The van der Waals surface area contributed by atoms with E-state index in [1.807, 2.05) is 32.9 Å². The first-order chi connectivity index (χ1) is 14.0. The lowest BCUT2D eigenvalue weighted by Crippen LogP contribution is -2.57. The van der Waals surface area contributed by atoms with E-state index >= 15 is 0 Å². The number of aryl methyl sites for hydroxylation is 1. The zero-order valence-corrected chi connectivity index (χ0v) is 17.6. The van der Waals surface area contributed by atoms with Gasteiger partial charge in [-0.1, -0.05) is 45.2 Å². The minimum Gasteiger partial charge on any atom is -0.483 e. The first-order valence-electron chi connectivity index (χ1n) is 10.5. The molecule has 30 heavy (non-hydrogen) atoms. The third-order valence-corrected chi connectivity index (χ3v) is 5.92. The summed E-state index contributed by atoms with van der Waals surface area (Å²) in [5, 5.41) is 14.6. The Bertz CT molecular complexity index is 816. The van der Waals surface area contributed by atoms with Crippen LogP contribution >= 0.6 is 0 Å². The molecule has 2 aliphatic rings. The van der Waals surface area contributed by atoms with E-state index < -0.39 is 30.8 Å². The van der Waals surface area contributed by atoms with Gasteiger partial charge in [-0.05, 0) is 48.8 Å². The molecule has 1 aromatic rings. The molecule has 1 amide bonds. The molecule has 1 aliphatic carbocycles. The largest absolute Gasteiger partial charge is 0.483 e. The number of rotatable bonds is 5. The van der Waals surface area contributed by atoms with Crippen molar-refractivity contribution in [2.75, 3.05) is 6.61 Å². The van der Waals surface area contributed by atoms with Crippen molar-refractivity contribution in [3.63, 3.8) is 0 Å². The minimum absolute atomic E-state index is 0.116. The number of carbonyl (C=O) groups excluding carboxylic acids is 1. The van der Waals surface area contributed by atoms with E-state index in [4.69, 9.17) is 4.74 Å². The summed E-state index contributed by atoms with van der Waals surface area (Å²) >= 11 is 0. The molecule has 0 bridgehead atoms. The number of nitrogens with zero attached hydrogens (tertiary/aromatic N) is 2. The molecular weight excluding hydrogens is 397 g/mol. The van der Waals surface area contributed by atoms with Crippen LogP contribution in [0.25, 0.3) is 0 Å². The maximum atomic E-state index is 13.7. The van der Waals surface area contributed by atoms with Gasteiger partial charge in [-0.3, -0.25) is 4.79 Å². The van der Waals surface area contributed by atoms with Crippen LogP contribution in [0.1, 0.15) is 69.4 Å². The van der Waals surface area contributed by atoms with Crippen LogP contribution in [0.3, 0.4) is 0 Å². The fraction of sp³-hybridized carbons (Fsp3) is 0.636. The molecule has 0 spiro atoms. The van der Waals surface area contributed by atoms with E-state index in [1.54, 1.807) is 6.07 Å². The predicted octanol–water partition coefficient (Wildman–Crippen LogP) is 4.92. The van der Waals surface area contributed by atoms with E-state index in [1.165, 1.54) is 0 Å². The molecule has 166 valence electrons. The Morgan fingerprint density at radius 2 is 1.97 bits per heavy atom. The van der Waals surface area contributed by atoms with E-state index in [2.05, 4.69) is 5.10 Å². The smallest absolute Gasteiger partial charge is 0.438 e. The summed E-state index contributed by atoms with van der Waals surface area (Å²) in [5.41, 5.74) is -1.31. The van der Waals surface area contributed by atoms with E-state index in [0.29, 0.717) is 5.75 Å². The van der Waals surface area contributed by atoms with Crippen LogP contribution in [0.5, 0.6) is 5.75 Å². The highest BCUT2D eigenvalue weighted by Gasteiger charge is 2.63. The fourth-order valence-electron chi connectivity index (χ4n) is 4.16. The van der Waals surface area contributed by atoms with Crippen molar-refractivity contribution in [3.8, 4) is 5.75 Å². The molecule has 0 aromatic heterocycles. The molecule has 1 saturated carbocycles. The molecule has 1 fully saturated rings. The van der Waals surface area contributed by atoms with Crippen LogP contribution in [0.4, 0.5) is 13.2 Å². The van der Waals surface area contributed by atoms with Gasteiger partial charge in [0.15, 0.2) is 6.61 Å². The van der Waals surface area contributed by atoms with Gasteiger partial charge in [0.2, 0.25) is 0 Å². The van der Waals surface area contributed by atoms with Gasteiger partial charge in [0.05, 0.1) is 0 Å². The monoisotopic (exact) mass is 426 g/mol. The average Bonchev–Trinajstić information content (AvgIpc) is 3.05. The molecule has 0 saturated heterocycles. The molecular formula is C22H29F3N2O3. The lowest BCUT2D eigenvalue weighted by Gasteiger charge is -2.32. The third-order valence-electron chi connectivity index (χ3n) is 5.92. The Kier molecular flexibility index (Phi) is 6.45. The molecule has 1 aromatic carbocycles. The number of carbonyl (C=O) groups is 1. The second kappa shape index (κ2) is 8.57. The van der Waals surface area contributed by atoms with Gasteiger partial charge in [0, 0.05) is 12.1 Å². The SMILES string of the molecule is Cc1ccc(C(C)C)c(OCC(=O)N2N=C(C3CCCCC3)C[C@@]2(O)C(F)(F)F)c1. The molecule has 0 unspecified atom stereocenters. The van der Waals surface area contributed by atoms with Crippen LogP contribution in [-0.2, 0) is 4.79 Å². The standard InChI is InChI=1S/C22H29F3N2O3/c1-14(2)17-10-9-15(3)11-19(17)30-13-20(28)27-21(29,22(23,24)25)12-18(26-27)16-7-5-4-6-8-16/h9-11,14,16,29H,4-8,12-13H2,1-3H3/t21-/m1/s1. The Morgan fingerprint density at radius 1 is 1.30 bits per heavy atom. The summed E-state index contributed by atoms with van der Waals surface area (Å²) in [4.78, 5) is 12.7. The molecule has 0 radical (unpaired) electrons. The highest BCUT2D eigenvalue weighted by atomic mass is 19.4. The normalized spacial score (nSPS) is 23.1. The van der Waals surface area contributed by atoms with Crippen molar-refractivity contribution >= 4 is 11.6 Å². The first kappa shape index (κ1) is 22.6. The maximum Gasteiger partial charge on any atom is 0.438 e. The summed E-state index contributed by atoms with van der Waals surface area (Å²) in [6.45, 7) is 5.15. The summed E-state index contributed by atoms with van der Waals surface area (Å²) in [6.07, 6.45) is -1.40. The van der Waals surface area contributed by atoms with Gasteiger partial charge in [-0.25, -0.2) is 0 Å². The maximum absolute atomic E-state index is 13.7. The summed E-state index contributed by atoms with van der Waals surface area (Å²) in [6, 6.07) is 5.54. The number of benzene rings is 1. The van der Waals surface area contributed by atoms with Crippen molar-refractivity contribution in [2.24, 2.45) is 11.0 Å². The summed E-state index contributed by atoms with van der Waals surface area (Å²) in [7, 11) is 0. The molecule has 1 N–H and O–H groups in total. The third kappa shape index (κ3) is 4.48. The van der Waals surface area contributed by atoms with Gasteiger partial charge in [0.25, 0.3) is 11.6 Å². The van der Waals surface area contributed by atoms with Crippen LogP contribution in [-0.4, -0.2) is 40.2 Å². The summed E-state index contributed by atoms with van der Waals surface area (Å²) < 4.78 is 46.8.